The zero-order valence-corrected chi connectivity index (χ0v) is 14.7. The third kappa shape index (κ3) is 3.24. The van der Waals surface area contributed by atoms with Gasteiger partial charge in [-0.15, -0.1) is 0 Å². The van der Waals surface area contributed by atoms with Gasteiger partial charge in [-0.3, -0.25) is 15.1 Å². The second kappa shape index (κ2) is 7.00. The predicted octanol–water partition coefficient (Wildman–Crippen LogP) is 0.395. The fourth-order valence-electron chi connectivity index (χ4n) is 3.16. The largest absolute Gasteiger partial charge is 0.497 e. The highest BCUT2D eigenvalue weighted by molar-refractivity contribution is 6.04. The van der Waals surface area contributed by atoms with Crippen LogP contribution in [0.25, 0.3) is 0 Å². The van der Waals surface area contributed by atoms with Crippen LogP contribution < -0.4 is 15.4 Å². The van der Waals surface area contributed by atoms with Gasteiger partial charge in [-0.05, 0) is 31.0 Å². The van der Waals surface area contributed by atoms with Crippen molar-refractivity contribution in [2.45, 2.75) is 25.6 Å². The lowest BCUT2D eigenvalue weighted by Gasteiger charge is -2.35. The first-order valence-electron chi connectivity index (χ1n) is 8.33. The van der Waals surface area contributed by atoms with Crippen molar-refractivity contribution >= 4 is 17.9 Å². The number of imide groups is 1. The van der Waals surface area contributed by atoms with Gasteiger partial charge in [0, 0.05) is 20.1 Å². The zero-order chi connectivity index (χ0) is 18.0. The third-order valence-corrected chi connectivity index (χ3v) is 4.53. The van der Waals surface area contributed by atoms with E-state index in [0.717, 1.165) is 17.7 Å². The zero-order valence-electron chi connectivity index (χ0n) is 14.7. The molecule has 134 valence electrons. The number of methoxy groups -OCH3 is 1. The number of carbonyl (C=O) groups excluding carboxylic acids is 2. The Morgan fingerprint density at radius 1 is 1.24 bits per heavy atom. The lowest BCUT2D eigenvalue weighted by molar-refractivity contribution is -0.127. The maximum atomic E-state index is 12.4. The molecule has 3 amide bonds. The summed E-state index contributed by atoms with van der Waals surface area (Å²) in [6.07, 6.45) is 0.352. The van der Waals surface area contributed by atoms with E-state index in [1.807, 2.05) is 36.1 Å². The van der Waals surface area contributed by atoms with Crippen LogP contribution in [-0.2, 0) is 11.2 Å². The normalized spacial score (nSPS) is 24.2. The summed E-state index contributed by atoms with van der Waals surface area (Å²) in [6.45, 7) is 3.15. The Kier molecular flexibility index (Phi) is 4.78. The van der Waals surface area contributed by atoms with Crippen molar-refractivity contribution < 1.29 is 14.3 Å². The molecule has 2 N–H and O–H groups in total. The highest BCUT2D eigenvalue weighted by atomic mass is 16.5. The second-order valence-corrected chi connectivity index (χ2v) is 6.03. The molecule has 25 heavy (non-hydrogen) atoms. The van der Waals surface area contributed by atoms with Gasteiger partial charge in [-0.2, -0.15) is 0 Å². The van der Waals surface area contributed by atoms with Gasteiger partial charge in [-0.1, -0.05) is 12.1 Å². The number of nitrogens with zero attached hydrogens (tertiary/aromatic N) is 3. The fourth-order valence-corrected chi connectivity index (χ4v) is 3.16. The van der Waals surface area contributed by atoms with E-state index in [1.54, 1.807) is 14.2 Å². The Morgan fingerprint density at radius 2 is 1.96 bits per heavy atom. The van der Waals surface area contributed by atoms with Gasteiger partial charge in [-0.25, -0.2) is 4.79 Å². The molecule has 0 spiro atoms. The quantitative estimate of drug-likeness (QED) is 0.807. The van der Waals surface area contributed by atoms with E-state index >= 15 is 0 Å². The van der Waals surface area contributed by atoms with Gasteiger partial charge in [0.1, 0.15) is 11.9 Å². The topological polar surface area (TPSA) is 86.3 Å². The summed E-state index contributed by atoms with van der Waals surface area (Å²) in [5, 5.41) is 5.61. The van der Waals surface area contributed by atoms with E-state index in [1.165, 1.54) is 4.90 Å². The molecule has 2 unspecified atom stereocenters. The number of carbonyl (C=O) groups is 2. The second-order valence-electron chi connectivity index (χ2n) is 6.03. The van der Waals surface area contributed by atoms with Crippen LogP contribution in [0.1, 0.15) is 12.5 Å². The molecular weight excluding hydrogens is 322 g/mol. The molecule has 3 rings (SSSR count). The molecule has 1 aromatic rings. The van der Waals surface area contributed by atoms with Gasteiger partial charge in [0.25, 0.3) is 5.91 Å². The predicted molar refractivity (Wildman–Crippen MR) is 93.4 cm³/mol. The van der Waals surface area contributed by atoms with E-state index in [9.17, 15) is 9.59 Å². The van der Waals surface area contributed by atoms with Crippen LogP contribution in [0.4, 0.5) is 4.79 Å². The van der Waals surface area contributed by atoms with Gasteiger partial charge >= 0.3 is 6.03 Å². The Labute approximate surface area is 146 Å². The molecule has 2 heterocycles. The number of likely N-dealkylation sites (N-methyl/N-ethyl adjacent to an activating group) is 1. The van der Waals surface area contributed by atoms with E-state index in [0.29, 0.717) is 19.0 Å². The number of urea groups is 1. The SMILES string of the molecule is CCN=C1NC2C(C(=O)NC(=O)N2C)N1CCc1ccc(OC)cc1. The summed E-state index contributed by atoms with van der Waals surface area (Å²) < 4.78 is 5.17. The first-order valence-corrected chi connectivity index (χ1v) is 8.33. The van der Waals surface area contributed by atoms with Crippen molar-refractivity contribution in [1.29, 1.82) is 0 Å². The number of guanidine groups is 1. The monoisotopic (exact) mass is 345 g/mol. The summed E-state index contributed by atoms with van der Waals surface area (Å²) in [6, 6.07) is 6.97. The van der Waals surface area contributed by atoms with Crippen LogP contribution >= 0.6 is 0 Å². The van der Waals surface area contributed by atoms with E-state index < -0.39 is 18.2 Å². The number of hydrogen-bond donors (Lipinski definition) is 2. The van der Waals surface area contributed by atoms with Crippen LogP contribution in [-0.4, -0.2) is 67.2 Å². The summed E-state index contributed by atoms with van der Waals surface area (Å²) in [7, 11) is 3.31. The molecule has 8 nitrogen and oxygen atoms in total. The highest BCUT2D eigenvalue weighted by Gasteiger charge is 2.49. The Bertz CT molecular complexity index is 688. The summed E-state index contributed by atoms with van der Waals surface area (Å²) in [4.78, 5) is 32.1. The number of benzene rings is 1. The van der Waals surface area contributed by atoms with Crippen molar-refractivity contribution in [3.8, 4) is 5.75 Å². The molecule has 0 bridgehead atoms. The molecule has 2 aliphatic rings. The van der Waals surface area contributed by atoms with Crippen molar-refractivity contribution in [1.82, 2.24) is 20.4 Å². The molecule has 0 saturated carbocycles. The highest BCUT2D eigenvalue weighted by Crippen LogP contribution is 2.21. The van der Waals surface area contributed by atoms with Crippen LogP contribution in [0.5, 0.6) is 5.75 Å². The van der Waals surface area contributed by atoms with Crippen LogP contribution in [0, 0.1) is 0 Å². The van der Waals surface area contributed by atoms with Gasteiger partial charge in [0.15, 0.2) is 12.0 Å². The number of amides is 3. The first kappa shape index (κ1) is 17.1. The molecule has 0 aromatic heterocycles. The van der Waals surface area contributed by atoms with Crippen LogP contribution in [0.3, 0.4) is 0 Å². The van der Waals surface area contributed by atoms with Crippen molar-refractivity contribution in [2.24, 2.45) is 4.99 Å². The van der Waals surface area contributed by atoms with Crippen molar-refractivity contribution in [3.63, 3.8) is 0 Å². The number of hydrogen-bond acceptors (Lipinski definition) is 4. The lowest BCUT2D eigenvalue weighted by atomic mass is 10.1. The first-order chi connectivity index (χ1) is 12.0. The minimum atomic E-state index is -0.480. The van der Waals surface area contributed by atoms with Crippen LogP contribution in [0.2, 0.25) is 0 Å². The number of ether oxygens (including phenoxy) is 1. The molecule has 2 atom stereocenters. The lowest BCUT2D eigenvalue weighted by Crippen LogP contribution is -2.64. The van der Waals surface area contributed by atoms with E-state index in [2.05, 4.69) is 15.6 Å². The summed E-state index contributed by atoms with van der Waals surface area (Å²) >= 11 is 0. The number of fused-ring (bicyclic) bond motifs is 1. The summed E-state index contributed by atoms with van der Waals surface area (Å²) in [5.74, 6) is 1.17. The Balaban J connectivity index is 1.78. The molecule has 2 fully saturated rings. The third-order valence-electron chi connectivity index (χ3n) is 4.53. The minimum absolute atomic E-state index is 0.295. The molecule has 2 saturated heterocycles. The van der Waals surface area contributed by atoms with E-state index in [4.69, 9.17) is 4.74 Å². The van der Waals surface area contributed by atoms with Crippen molar-refractivity contribution in [3.05, 3.63) is 29.8 Å². The van der Waals surface area contributed by atoms with Gasteiger partial charge in [0.05, 0.1) is 7.11 Å². The van der Waals surface area contributed by atoms with Gasteiger partial charge < -0.3 is 19.9 Å². The van der Waals surface area contributed by atoms with Gasteiger partial charge in [0.2, 0.25) is 0 Å². The maximum absolute atomic E-state index is 12.4. The Morgan fingerprint density at radius 3 is 2.60 bits per heavy atom. The smallest absolute Gasteiger partial charge is 0.325 e. The minimum Gasteiger partial charge on any atom is -0.497 e. The number of rotatable bonds is 5. The summed E-state index contributed by atoms with van der Waals surface area (Å²) in [5.41, 5.74) is 1.14. The molecule has 8 heteroatoms. The molecule has 0 aliphatic carbocycles. The molecule has 1 aromatic carbocycles. The number of nitrogens with one attached hydrogen (secondary N) is 2. The Hall–Kier alpha value is -2.77. The maximum Gasteiger partial charge on any atom is 0.325 e. The number of aliphatic imine (C=N–C) groups is 1. The van der Waals surface area contributed by atoms with Crippen LogP contribution in [0.15, 0.2) is 29.3 Å². The average molecular weight is 345 g/mol. The molecular formula is C17H23N5O3. The molecule has 2 aliphatic heterocycles. The van der Waals surface area contributed by atoms with E-state index in [-0.39, 0.29) is 5.91 Å². The molecule has 0 radical (unpaired) electrons. The fraction of sp³-hybridized carbons (Fsp3) is 0.471. The average Bonchev–Trinajstić information content (AvgIpc) is 2.98. The standard InChI is InChI=1S/C17H23N5O3/c1-4-18-16-19-14-13(15(23)20-17(24)21(14)2)22(16)10-9-11-5-7-12(25-3)8-6-11/h5-8,13-14H,4,9-10H2,1-3H3,(H,18,19)(H,20,23,24). The van der Waals surface area contributed by atoms with Crippen molar-refractivity contribution in [2.75, 3.05) is 27.2 Å².